The van der Waals surface area contributed by atoms with Gasteiger partial charge in [0.1, 0.15) is 0 Å². The second-order valence-electron chi connectivity index (χ2n) is 4.70. The topological polar surface area (TPSA) is 20.2 Å². The van der Waals surface area contributed by atoms with Crippen LogP contribution in [0.25, 0.3) is 0 Å². The maximum absolute atomic E-state index is 9.66. The molecule has 0 aromatic carbocycles. The molecule has 1 fully saturated rings. The third-order valence-electron chi connectivity index (χ3n) is 3.43. The summed E-state index contributed by atoms with van der Waals surface area (Å²) in [5.41, 5.74) is 0. The summed E-state index contributed by atoms with van der Waals surface area (Å²) >= 11 is 0. The molecule has 1 aliphatic rings. The van der Waals surface area contributed by atoms with Crippen molar-refractivity contribution in [2.45, 2.75) is 52.6 Å². The summed E-state index contributed by atoms with van der Waals surface area (Å²) in [5, 5.41) is 9.66. The van der Waals surface area contributed by atoms with Crippen LogP contribution in [0.5, 0.6) is 0 Å². The van der Waals surface area contributed by atoms with E-state index < -0.39 is 0 Å². The van der Waals surface area contributed by atoms with Crippen molar-refractivity contribution >= 4 is 0 Å². The molecule has 0 heterocycles. The summed E-state index contributed by atoms with van der Waals surface area (Å²) in [6.07, 6.45) is 4.74. The fourth-order valence-corrected chi connectivity index (χ4v) is 2.15. The van der Waals surface area contributed by atoms with Gasteiger partial charge in [-0.2, -0.15) is 0 Å². The Morgan fingerprint density at radius 3 is 2.25 bits per heavy atom. The molecule has 0 amide bonds. The molecule has 0 unspecified atom stereocenters. The largest absolute Gasteiger partial charge is 0.393 e. The van der Waals surface area contributed by atoms with E-state index in [-0.39, 0.29) is 6.10 Å². The minimum absolute atomic E-state index is 0.0336. The third kappa shape index (κ3) is 2.48. The molecule has 0 saturated heterocycles. The van der Waals surface area contributed by atoms with Crippen LogP contribution in [0.15, 0.2) is 0 Å². The van der Waals surface area contributed by atoms with Gasteiger partial charge in [0.2, 0.25) is 0 Å². The van der Waals surface area contributed by atoms with Crippen LogP contribution in [0, 0.1) is 17.8 Å². The van der Waals surface area contributed by atoms with Gasteiger partial charge >= 0.3 is 0 Å². The van der Waals surface area contributed by atoms with E-state index in [0.717, 1.165) is 18.3 Å². The molecule has 72 valence electrons. The van der Waals surface area contributed by atoms with Crippen LogP contribution in [0.4, 0.5) is 0 Å². The standard InChI is InChI=1S/C11H22O/c1-8(2)10-5-4-9(3)11(12)7-6-10/h8-12H,4-7H2,1-3H3/t9-,10-,11+/m1/s1. The van der Waals surface area contributed by atoms with E-state index in [1.165, 1.54) is 19.3 Å². The molecule has 0 aromatic rings. The molecule has 1 saturated carbocycles. The van der Waals surface area contributed by atoms with Crippen molar-refractivity contribution in [2.75, 3.05) is 0 Å². The SMILES string of the molecule is CC(C)[C@@H]1CC[C@@H](C)[C@@H](O)CC1. The smallest absolute Gasteiger partial charge is 0.0565 e. The number of hydrogen-bond donors (Lipinski definition) is 1. The van der Waals surface area contributed by atoms with Crippen molar-refractivity contribution in [2.24, 2.45) is 17.8 Å². The van der Waals surface area contributed by atoms with E-state index in [2.05, 4.69) is 20.8 Å². The van der Waals surface area contributed by atoms with E-state index >= 15 is 0 Å². The van der Waals surface area contributed by atoms with Crippen molar-refractivity contribution in [3.8, 4) is 0 Å². The van der Waals surface area contributed by atoms with Crippen molar-refractivity contribution in [3.05, 3.63) is 0 Å². The number of aliphatic hydroxyl groups excluding tert-OH is 1. The van der Waals surface area contributed by atoms with Gasteiger partial charge in [0.15, 0.2) is 0 Å². The molecule has 1 N–H and O–H groups in total. The van der Waals surface area contributed by atoms with E-state index in [1.807, 2.05) is 0 Å². The zero-order valence-corrected chi connectivity index (χ0v) is 8.59. The molecule has 0 bridgehead atoms. The molecule has 1 heteroatoms. The summed E-state index contributed by atoms with van der Waals surface area (Å²) in [5.74, 6) is 2.17. The molecule has 3 atom stereocenters. The fraction of sp³-hybridized carbons (Fsp3) is 1.00. The van der Waals surface area contributed by atoms with Crippen LogP contribution < -0.4 is 0 Å². The second-order valence-corrected chi connectivity index (χ2v) is 4.70. The summed E-state index contributed by atoms with van der Waals surface area (Å²) in [6.45, 7) is 6.77. The van der Waals surface area contributed by atoms with Gasteiger partial charge < -0.3 is 5.11 Å². The Morgan fingerprint density at radius 2 is 1.67 bits per heavy atom. The van der Waals surface area contributed by atoms with Gasteiger partial charge in [-0.15, -0.1) is 0 Å². The van der Waals surface area contributed by atoms with Gasteiger partial charge in [-0.1, -0.05) is 20.8 Å². The third-order valence-corrected chi connectivity index (χ3v) is 3.43. The Kier molecular flexibility index (Phi) is 3.57. The van der Waals surface area contributed by atoms with Crippen molar-refractivity contribution in [1.29, 1.82) is 0 Å². The van der Waals surface area contributed by atoms with Crippen molar-refractivity contribution in [3.63, 3.8) is 0 Å². The first-order chi connectivity index (χ1) is 5.61. The zero-order chi connectivity index (χ0) is 9.14. The van der Waals surface area contributed by atoms with Crippen LogP contribution >= 0.6 is 0 Å². The quantitative estimate of drug-likeness (QED) is 0.600. The zero-order valence-electron chi connectivity index (χ0n) is 8.59. The van der Waals surface area contributed by atoms with Gasteiger partial charge in [-0.05, 0) is 43.4 Å². The Bertz CT molecular complexity index is 119. The highest BCUT2D eigenvalue weighted by molar-refractivity contribution is 4.75. The highest BCUT2D eigenvalue weighted by atomic mass is 16.3. The Morgan fingerprint density at radius 1 is 1.08 bits per heavy atom. The van der Waals surface area contributed by atoms with Crippen LogP contribution in [0.3, 0.4) is 0 Å². The lowest BCUT2D eigenvalue weighted by Gasteiger charge is -2.17. The minimum Gasteiger partial charge on any atom is -0.393 e. The van der Waals surface area contributed by atoms with Crippen LogP contribution in [0.2, 0.25) is 0 Å². The first-order valence-electron chi connectivity index (χ1n) is 5.29. The maximum Gasteiger partial charge on any atom is 0.0565 e. The lowest BCUT2D eigenvalue weighted by atomic mass is 9.89. The van der Waals surface area contributed by atoms with E-state index in [1.54, 1.807) is 0 Å². The Hall–Kier alpha value is -0.0400. The highest BCUT2D eigenvalue weighted by Gasteiger charge is 2.23. The minimum atomic E-state index is -0.0336. The number of rotatable bonds is 1. The van der Waals surface area contributed by atoms with E-state index in [4.69, 9.17) is 0 Å². The number of hydrogen-bond acceptors (Lipinski definition) is 1. The lowest BCUT2D eigenvalue weighted by molar-refractivity contribution is 0.109. The number of aliphatic hydroxyl groups is 1. The lowest BCUT2D eigenvalue weighted by Crippen LogP contribution is -2.14. The highest BCUT2D eigenvalue weighted by Crippen LogP contribution is 2.31. The van der Waals surface area contributed by atoms with Crippen LogP contribution in [-0.4, -0.2) is 11.2 Å². The summed E-state index contributed by atoms with van der Waals surface area (Å²) in [7, 11) is 0. The van der Waals surface area contributed by atoms with Crippen LogP contribution in [0.1, 0.15) is 46.5 Å². The van der Waals surface area contributed by atoms with Gasteiger partial charge in [-0.25, -0.2) is 0 Å². The molecule has 0 radical (unpaired) electrons. The van der Waals surface area contributed by atoms with E-state index in [0.29, 0.717) is 5.92 Å². The Labute approximate surface area is 76.2 Å². The Balaban J connectivity index is 2.44. The molecule has 0 aromatic heterocycles. The van der Waals surface area contributed by atoms with Gasteiger partial charge in [-0.3, -0.25) is 0 Å². The molecule has 0 aliphatic heterocycles. The molecular formula is C11H22O. The van der Waals surface area contributed by atoms with Crippen LogP contribution in [-0.2, 0) is 0 Å². The molecule has 0 spiro atoms. The molecule has 12 heavy (non-hydrogen) atoms. The predicted octanol–water partition coefficient (Wildman–Crippen LogP) is 2.83. The monoisotopic (exact) mass is 170 g/mol. The average molecular weight is 170 g/mol. The second kappa shape index (κ2) is 4.27. The summed E-state index contributed by atoms with van der Waals surface area (Å²) in [6, 6.07) is 0. The first-order valence-corrected chi connectivity index (χ1v) is 5.29. The normalized spacial score (nSPS) is 38.2. The van der Waals surface area contributed by atoms with E-state index in [9.17, 15) is 5.11 Å². The van der Waals surface area contributed by atoms with Gasteiger partial charge in [0.05, 0.1) is 6.10 Å². The summed E-state index contributed by atoms with van der Waals surface area (Å²) in [4.78, 5) is 0. The predicted molar refractivity (Wildman–Crippen MR) is 52.0 cm³/mol. The molecule has 1 nitrogen and oxygen atoms in total. The van der Waals surface area contributed by atoms with Crippen molar-refractivity contribution in [1.82, 2.24) is 0 Å². The van der Waals surface area contributed by atoms with Gasteiger partial charge in [0, 0.05) is 0 Å². The fourth-order valence-electron chi connectivity index (χ4n) is 2.15. The van der Waals surface area contributed by atoms with Gasteiger partial charge in [0.25, 0.3) is 0 Å². The first kappa shape index (κ1) is 10.0. The maximum atomic E-state index is 9.66. The molecule has 1 aliphatic carbocycles. The average Bonchev–Trinajstić information content (AvgIpc) is 2.16. The van der Waals surface area contributed by atoms with Crippen molar-refractivity contribution < 1.29 is 5.11 Å². The molecular weight excluding hydrogens is 148 g/mol. The molecule has 1 rings (SSSR count). The summed E-state index contributed by atoms with van der Waals surface area (Å²) < 4.78 is 0.